The number of hydrogen-bond acceptors (Lipinski definition) is 6. The van der Waals surface area contributed by atoms with Crippen LogP contribution in [0.25, 0.3) is 0 Å². The molecule has 11 heteroatoms. The Morgan fingerprint density at radius 3 is 2.55 bits per heavy atom. The molecule has 5 N–H and O–H groups in total. The highest BCUT2D eigenvalue weighted by molar-refractivity contribution is 7.89. The summed E-state index contributed by atoms with van der Waals surface area (Å²) in [7, 11) is -0.734. The summed E-state index contributed by atoms with van der Waals surface area (Å²) in [6, 6.07) is 15.9. The van der Waals surface area contributed by atoms with Gasteiger partial charge in [-0.2, -0.15) is 0 Å². The van der Waals surface area contributed by atoms with E-state index >= 15 is 0 Å². The standard InChI is InChI=1S/C22H24N6O4S/c1-24-22(30)28(2)20-12-15(10-11-25-20)14-26-19-9-4-3-8-18(19)21(29)27-16-6-5-7-17(13-16)33(23,31)32/h3-13,26H,14H2,1-2H3,(H,24,30)(H,27,29)(H2,23,31,32). The van der Waals surface area contributed by atoms with Crippen molar-refractivity contribution < 1.29 is 18.0 Å². The zero-order valence-electron chi connectivity index (χ0n) is 18.1. The highest BCUT2D eigenvalue weighted by atomic mass is 32.2. The number of hydrogen-bond donors (Lipinski definition) is 4. The molecule has 0 aliphatic rings. The highest BCUT2D eigenvalue weighted by Gasteiger charge is 2.14. The highest BCUT2D eigenvalue weighted by Crippen LogP contribution is 2.20. The second kappa shape index (κ2) is 10.1. The molecule has 0 unspecified atom stereocenters. The molecule has 0 atom stereocenters. The predicted molar refractivity (Wildman–Crippen MR) is 127 cm³/mol. The molecule has 3 aromatic rings. The molecule has 2 aromatic carbocycles. The van der Waals surface area contributed by atoms with Gasteiger partial charge in [0, 0.05) is 38.2 Å². The van der Waals surface area contributed by atoms with Crippen LogP contribution >= 0.6 is 0 Å². The van der Waals surface area contributed by atoms with Crippen LogP contribution in [0.5, 0.6) is 0 Å². The summed E-state index contributed by atoms with van der Waals surface area (Å²) in [5, 5.41) is 13.6. The average molecular weight is 469 g/mol. The van der Waals surface area contributed by atoms with Gasteiger partial charge in [-0.05, 0) is 48.0 Å². The zero-order chi connectivity index (χ0) is 24.0. The van der Waals surface area contributed by atoms with E-state index in [0.717, 1.165) is 5.56 Å². The lowest BCUT2D eigenvalue weighted by atomic mass is 10.1. The molecule has 10 nitrogen and oxygen atoms in total. The van der Waals surface area contributed by atoms with E-state index in [9.17, 15) is 18.0 Å². The van der Waals surface area contributed by atoms with Gasteiger partial charge in [0.05, 0.1) is 10.5 Å². The number of primary sulfonamides is 1. The molecule has 0 saturated carbocycles. The van der Waals surface area contributed by atoms with Crippen molar-refractivity contribution in [2.24, 2.45) is 5.14 Å². The SMILES string of the molecule is CNC(=O)N(C)c1cc(CNc2ccccc2C(=O)Nc2cccc(S(N)(=O)=O)c2)ccn1. The van der Waals surface area contributed by atoms with Crippen LogP contribution < -0.4 is 26.0 Å². The van der Waals surface area contributed by atoms with Crippen molar-refractivity contribution >= 4 is 39.2 Å². The molecular formula is C22H24N6O4S. The Kier molecular flexibility index (Phi) is 7.26. The number of nitrogens with zero attached hydrogens (tertiary/aromatic N) is 2. The van der Waals surface area contributed by atoms with Gasteiger partial charge >= 0.3 is 6.03 Å². The summed E-state index contributed by atoms with van der Waals surface area (Å²) < 4.78 is 23.1. The lowest BCUT2D eigenvalue weighted by molar-refractivity contribution is 0.102. The van der Waals surface area contributed by atoms with Gasteiger partial charge in [0.15, 0.2) is 0 Å². The van der Waals surface area contributed by atoms with E-state index < -0.39 is 15.9 Å². The number of pyridine rings is 1. The van der Waals surface area contributed by atoms with E-state index in [0.29, 0.717) is 29.3 Å². The lowest BCUT2D eigenvalue weighted by Gasteiger charge is -2.17. The quantitative estimate of drug-likeness (QED) is 0.419. The third kappa shape index (κ3) is 6.05. The van der Waals surface area contributed by atoms with Crippen molar-refractivity contribution in [2.45, 2.75) is 11.4 Å². The number of benzene rings is 2. The van der Waals surface area contributed by atoms with Gasteiger partial charge in [-0.3, -0.25) is 9.69 Å². The van der Waals surface area contributed by atoms with Crippen molar-refractivity contribution in [3.05, 3.63) is 78.0 Å². The number of amides is 3. The number of carbonyl (C=O) groups excluding carboxylic acids is 2. The monoisotopic (exact) mass is 468 g/mol. The van der Waals surface area contributed by atoms with E-state index in [1.807, 2.05) is 0 Å². The molecule has 0 aliphatic carbocycles. The Morgan fingerprint density at radius 1 is 1.06 bits per heavy atom. The maximum atomic E-state index is 12.9. The van der Waals surface area contributed by atoms with Crippen LogP contribution in [0.1, 0.15) is 15.9 Å². The molecule has 0 saturated heterocycles. The number of para-hydroxylation sites is 1. The first-order valence-electron chi connectivity index (χ1n) is 9.86. The number of aromatic nitrogens is 1. The molecule has 0 fully saturated rings. The molecule has 1 heterocycles. The minimum Gasteiger partial charge on any atom is -0.380 e. The van der Waals surface area contributed by atoms with Gasteiger partial charge in [-0.25, -0.2) is 23.3 Å². The lowest BCUT2D eigenvalue weighted by Crippen LogP contribution is -2.35. The van der Waals surface area contributed by atoms with Crippen molar-refractivity contribution in [2.75, 3.05) is 29.6 Å². The number of anilines is 3. The van der Waals surface area contributed by atoms with Gasteiger partial charge in [0.2, 0.25) is 10.0 Å². The Hall–Kier alpha value is -3.96. The third-order valence-electron chi connectivity index (χ3n) is 4.75. The number of nitrogens with two attached hydrogens (primary N) is 1. The van der Waals surface area contributed by atoms with Crippen LogP contribution in [0, 0.1) is 0 Å². The topological polar surface area (TPSA) is 147 Å². The summed E-state index contributed by atoms with van der Waals surface area (Å²) in [5.41, 5.74) is 2.11. The molecule has 3 rings (SSSR count). The number of urea groups is 1. The molecule has 0 bridgehead atoms. The van der Waals surface area contributed by atoms with Crippen LogP contribution in [0.3, 0.4) is 0 Å². The second-order valence-corrected chi connectivity index (χ2v) is 8.62. The first-order valence-corrected chi connectivity index (χ1v) is 11.4. The van der Waals surface area contributed by atoms with E-state index in [4.69, 9.17) is 5.14 Å². The first kappa shape index (κ1) is 23.7. The third-order valence-corrected chi connectivity index (χ3v) is 5.66. The summed E-state index contributed by atoms with van der Waals surface area (Å²) in [5.74, 6) is 0.0638. The van der Waals surface area contributed by atoms with Crippen LogP contribution in [0.15, 0.2) is 71.8 Å². The molecular weight excluding hydrogens is 444 g/mol. The summed E-state index contributed by atoms with van der Waals surface area (Å²) in [4.78, 5) is 30.2. The predicted octanol–water partition coefficient (Wildman–Crippen LogP) is 2.37. The average Bonchev–Trinajstić information content (AvgIpc) is 2.81. The summed E-state index contributed by atoms with van der Waals surface area (Å²) in [6.07, 6.45) is 1.60. The van der Waals surface area contributed by atoms with Gasteiger partial charge in [0.25, 0.3) is 5.91 Å². The number of sulfonamides is 1. The Balaban J connectivity index is 1.75. The number of carbonyl (C=O) groups is 2. The van der Waals surface area contributed by atoms with Gasteiger partial charge in [-0.1, -0.05) is 18.2 Å². The Labute approximate surface area is 191 Å². The van der Waals surface area contributed by atoms with Crippen molar-refractivity contribution in [1.82, 2.24) is 10.3 Å². The van der Waals surface area contributed by atoms with E-state index in [1.165, 1.54) is 30.1 Å². The molecule has 3 amide bonds. The van der Waals surface area contributed by atoms with Crippen LogP contribution in [0.4, 0.5) is 22.0 Å². The first-order chi connectivity index (χ1) is 15.7. The molecule has 33 heavy (non-hydrogen) atoms. The fourth-order valence-electron chi connectivity index (χ4n) is 3.01. The summed E-state index contributed by atoms with van der Waals surface area (Å²) >= 11 is 0. The van der Waals surface area contributed by atoms with Gasteiger partial charge < -0.3 is 16.0 Å². The minimum absolute atomic E-state index is 0.0954. The van der Waals surface area contributed by atoms with Crippen LogP contribution in [-0.4, -0.2) is 39.4 Å². The van der Waals surface area contributed by atoms with E-state index in [2.05, 4.69) is 20.9 Å². The van der Waals surface area contributed by atoms with Crippen molar-refractivity contribution in [3.8, 4) is 0 Å². The molecule has 0 aliphatic heterocycles. The minimum atomic E-state index is -3.89. The molecule has 0 spiro atoms. The molecule has 1 aromatic heterocycles. The van der Waals surface area contributed by atoms with Crippen molar-refractivity contribution in [3.63, 3.8) is 0 Å². The van der Waals surface area contributed by atoms with Crippen LogP contribution in [0.2, 0.25) is 0 Å². The van der Waals surface area contributed by atoms with Crippen molar-refractivity contribution in [1.29, 1.82) is 0 Å². The fourth-order valence-corrected chi connectivity index (χ4v) is 3.57. The zero-order valence-corrected chi connectivity index (χ0v) is 18.9. The number of nitrogens with one attached hydrogen (secondary N) is 3. The van der Waals surface area contributed by atoms with Gasteiger partial charge in [0.1, 0.15) is 5.82 Å². The summed E-state index contributed by atoms with van der Waals surface area (Å²) in [6.45, 7) is 0.377. The molecule has 172 valence electrons. The second-order valence-electron chi connectivity index (χ2n) is 7.06. The van der Waals surface area contributed by atoms with Gasteiger partial charge in [-0.15, -0.1) is 0 Å². The fraction of sp³-hybridized carbons (Fsp3) is 0.136. The maximum absolute atomic E-state index is 12.9. The smallest absolute Gasteiger partial charge is 0.322 e. The molecule has 0 radical (unpaired) electrons. The maximum Gasteiger partial charge on any atom is 0.322 e. The largest absolute Gasteiger partial charge is 0.380 e. The van der Waals surface area contributed by atoms with E-state index in [-0.39, 0.29) is 10.9 Å². The Morgan fingerprint density at radius 2 is 1.82 bits per heavy atom. The van der Waals surface area contributed by atoms with E-state index in [1.54, 1.807) is 55.7 Å². The normalized spacial score (nSPS) is 10.9. The van der Waals surface area contributed by atoms with Crippen LogP contribution in [-0.2, 0) is 16.6 Å². The Bertz CT molecular complexity index is 1280. The number of rotatable bonds is 7.